The van der Waals surface area contributed by atoms with Gasteiger partial charge in [-0.2, -0.15) is 0 Å². The molecule has 1 amide bonds. The van der Waals surface area contributed by atoms with Crippen LogP contribution in [0.5, 0.6) is 0 Å². The van der Waals surface area contributed by atoms with Gasteiger partial charge in [0.1, 0.15) is 5.82 Å². The first-order valence-electron chi connectivity index (χ1n) is 5.39. The number of imidazole rings is 2. The molecule has 4 N–H and O–H groups in total. The molecule has 92 valence electrons. The molecule has 0 spiro atoms. The van der Waals surface area contributed by atoms with Crippen LogP contribution >= 0.6 is 11.8 Å². The molecule has 1 aromatic carbocycles. The van der Waals surface area contributed by atoms with Crippen molar-refractivity contribution in [2.24, 2.45) is 5.73 Å². The number of H-pyrrole nitrogens is 2. The average molecular weight is 261 g/mol. The largest absolute Gasteiger partial charge is 0.369 e. The fraction of sp³-hybridized carbons (Fsp3) is 0.182. The lowest BCUT2D eigenvalue weighted by atomic mass is 10.3. The lowest BCUT2D eigenvalue weighted by molar-refractivity contribution is -0.115. The summed E-state index contributed by atoms with van der Waals surface area (Å²) >= 11 is 1.29. The Hall–Kier alpha value is -2.02. The van der Waals surface area contributed by atoms with Crippen molar-refractivity contribution in [1.29, 1.82) is 0 Å². The monoisotopic (exact) mass is 261 g/mol. The molecule has 0 bridgehead atoms. The molecule has 18 heavy (non-hydrogen) atoms. The van der Waals surface area contributed by atoms with Gasteiger partial charge in [-0.15, -0.1) is 0 Å². The topological polar surface area (TPSA) is 100 Å². The zero-order valence-electron chi connectivity index (χ0n) is 9.65. The lowest BCUT2D eigenvalue weighted by Crippen LogP contribution is -2.13. The summed E-state index contributed by atoms with van der Waals surface area (Å²) in [5.74, 6) is 0.737. The smallest absolute Gasteiger partial charge is 0.227 e. The molecule has 2 heterocycles. The van der Waals surface area contributed by atoms with Gasteiger partial charge in [0.15, 0.2) is 5.16 Å². The Labute approximate surface area is 106 Å². The van der Waals surface area contributed by atoms with Gasteiger partial charge in [0.25, 0.3) is 0 Å². The third-order valence-corrected chi connectivity index (χ3v) is 3.43. The average Bonchev–Trinajstić information content (AvgIpc) is 2.83. The molecule has 0 fully saturated rings. The number of rotatable bonds is 3. The minimum Gasteiger partial charge on any atom is -0.369 e. The number of nitrogens with one attached hydrogen (secondary N) is 2. The number of carbonyl (C=O) groups is 1. The van der Waals surface area contributed by atoms with Crippen molar-refractivity contribution in [3.05, 3.63) is 18.0 Å². The summed E-state index contributed by atoms with van der Waals surface area (Å²) in [5, 5.41) is 0.688. The van der Waals surface area contributed by atoms with Crippen LogP contribution in [0.2, 0.25) is 0 Å². The standard InChI is InChI=1S/C11H11N5OS/c1-5-13-6-2-8-9(3-7(6)14-5)16-11(15-8)18-4-10(12)17/h2-3H,4H2,1H3,(H2,12,17)(H,13,14)(H,15,16). The van der Waals surface area contributed by atoms with Crippen molar-refractivity contribution in [2.75, 3.05) is 5.75 Å². The first kappa shape index (κ1) is 11.1. The second kappa shape index (κ2) is 4.02. The van der Waals surface area contributed by atoms with Gasteiger partial charge in [0.05, 0.1) is 27.8 Å². The van der Waals surface area contributed by atoms with Crippen LogP contribution in [0.15, 0.2) is 17.3 Å². The number of fused-ring (bicyclic) bond motifs is 2. The normalized spacial score (nSPS) is 11.4. The van der Waals surface area contributed by atoms with Crippen LogP contribution in [0.3, 0.4) is 0 Å². The van der Waals surface area contributed by atoms with Gasteiger partial charge in [-0.25, -0.2) is 9.97 Å². The summed E-state index contributed by atoms with van der Waals surface area (Å²) in [6.45, 7) is 1.91. The highest BCUT2D eigenvalue weighted by molar-refractivity contribution is 7.99. The fourth-order valence-corrected chi connectivity index (χ4v) is 2.45. The maximum Gasteiger partial charge on any atom is 0.227 e. The van der Waals surface area contributed by atoms with Gasteiger partial charge in [-0.3, -0.25) is 4.79 Å². The molecule has 0 aliphatic heterocycles. The van der Waals surface area contributed by atoms with Crippen molar-refractivity contribution in [2.45, 2.75) is 12.1 Å². The maximum absolute atomic E-state index is 10.7. The number of aromatic nitrogens is 4. The Kier molecular flexibility index (Phi) is 2.48. The number of hydrogen-bond acceptors (Lipinski definition) is 4. The van der Waals surface area contributed by atoms with Crippen molar-refractivity contribution in [3.63, 3.8) is 0 Å². The molecule has 3 rings (SSSR count). The summed E-state index contributed by atoms with van der Waals surface area (Å²) in [6, 6.07) is 3.88. The minimum absolute atomic E-state index is 0.217. The number of amides is 1. The van der Waals surface area contributed by atoms with Gasteiger partial charge in [-0.05, 0) is 19.1 Å². The molecular formula is C11H11N5OS. The molecule has 0 atom stereocenters. The molecule has 2 aromatic heterocycles. The Morgan fingerprint density at radius 3 is 2.78 bits per heavy atom. The van der Waals surface area contributed by atoms with Crippen LogP contribution < -0.4 is 5.73 Å². The van der Waals surface area contributed by atoms with E-state index in [1.807, 2.05) is 19.1 Å². The Bertz CT molecular complexity index is 693. The first-order chi connectivity index (χ1) is 8.61. The fourth-order valence-electron chi connectivity index (χ4n) is 1.83. The number of aryl methyl sites for hydroxylation is 1. The van der Waals surface area contributed by atoms with E-state index in [1.54, 1.807) is 0 Å². The van der Waals surface area contributed by atoms with Gasteiger partial charge in [0.2, 0.25) is 5.91 Å². The number of primary amides is 1. The zero-order chi connectivity index (χ0) is 12.7. The number of thioether (sulfide) groups is 1. The van der Waals surface area contributed by atoms with Crippen LogP contribution in [0.1, 0.15) is 5.82 Å². The van der Waals surface area contributed by atoms with Gasteiger partial charge in [-0.1, -0.05) is 11.8 Å². The Morgan fingerprint density at radius 2 is 2.00 bits per heavy atom. The van der Waals surface area contributed by atoms with E-state index in [0.717, 1.165) is 27.9 Å². The van der Waals surface area contributed by atoms with Crippen LogP contribution in [0.25, 0.3) is 22.1 Å². The van der Waals surface area contributed by atoms with Crippen LogP contribution in [0.4, 0.5) is 0 Å². The summed E-state index contributed by atoms with van der Waals surface area (Å²) in [6.07, 6.45) is 0. The summed E-state index contributed by atoms with van der Waals surface area (Å²) in [4.78, 5) is 25.8. The number of benzene rings is 1. The molecule has 0 aliphatic rings. The van der Waals surface area contributed by atoms with Crippen molar-refractivity contribution in [3.8, 4) is 0 Å². The Morgan fingerprint density at radius 1 is 1.28 bits per heavy atom. The van der Waals surface area contributed by atoms with Crippen LogP contribution in [-0.2, 0) is 4.79 Å². The van der Waals surface area contributed by atoms with Crippen molar-refractivity contribution in [1.82, 2.24) is 19.9 Å². The number of nitrogens with zero attached hydrogens (tertiary/aromatic N) is 2. The maximum atomic E-state index is 10.7. The highest BCUT2D eigenvalue weighted by Gasteiger charge is 2.08. The van der Waals surface area contributed by atoms with Crippen molar-refractivity contribution >= 4 is 39.7 Å². The summed E-state index contributed by atoms with van der Waals surface area (Å²) < 4.78 is 0. The number of aromatic amines is 2. The minimum atomic E-state index is -0.357. The van der Waals surface area contributed by atoms with Crippen LogP contribution in [-0.4, -0.2) is 31.6 Å². The third kappa shape index (κ3) is 1.92. The van der Waals surface area contributed by atoms with E-state index in [0.29, 0.717) is 5.16 Å². The molecule has 3 aromatic rings. The second-order valence-corrected chi connectivity index (χ2v) is 4.97. The number of nitrogens with two attached hydrogens (primary N) is 1. The van der Waals surface area contributed by atoms with E-state index in [9.17, 15) is 4.79 Å². The van der Waals surface area contributed by atoms with Crippen LogP contribution in [0, 0.1) is 6.92 Å². The van der Waals surface area contributed by atoms with E-state index in [2.05, 4.69) is 19.9 Å². The molecule has 0 unspecified atom stereocenters. The van der Waals surface area contributed by atoms with E-state index >= 15 is 0 Å². The van der Waals surface area contributed by atoms with E-state index in [1.165, 1.54) is 11.8 Å². The van der Waals surface area contributed by atoms with E-state index < -0.39 is 0 Å². The van der Waals surface area contributed by atoms with E-state index in [-0.39, 0.29) is 11.7 Å². The SMILES string of the molecule is Cc1nc2cc3nc(SCC(N)=O)[nH]c3cc2[nH]1. The predicted octanol–water partition coefficient (Wildman–Crippen LogP) is 1.33. The molecule has 0 saturated heterocycles. The predicted molar refractivity (Wildman–Crippen MR) is 70.4 cm³/mol. The number of hydrogen-bond donors (Lipinski definition) is 3. The molecule has 6 nitrogen and oxygen atoms in total. The molecule has 7 heteroatoms. The third-order valence-electron chi connectivity index (χ3n) is 2.53. The highest BCUT2D eigenvalue weighted by Crippen LogP contribution is 2.23. The summed E-state index contributed by atoms with van der Waals surface area (Å²) in [5.41, 5.74) is 8.70. The van der Waals surface area contributed by atoms with Gasteiger partial charge in [0, 0.05) is 0 Å². The lowest BCUT2D eigenvalue weighted by Gasteiger charge is -1.90. The zero-order valence-corrected chi connectivity index (χ0v) is 10.5. The van der Waals surface area contributed by atoms with Gasteiger partial charge < -0.3 is 15.7 Å². The number of carbonyl (C=O) groups excluding carboxylic acids is 1. The second-order valence-electron chi connectivity index (χ2n) is 4.01. The van der Waals surface area contributed by atoms with Gasteiger partial charge >= 0.3 is 0 Å². The summed E-state index contributed by atoms with van der Waals surface area (Å²) in [7, 11) is 0. The molecular weight excluding hydrogens is 250 g/mol. The molecule has 0 radical (unpaired) electrons. The molecule has 0 saturated carbocycles. The Balaban J connectivity index is 2.03. The van der Waals surface area contributed by atoms with Crippen molar-refractivity contribution < 1.29 is 4.79 Å². The quantitative estimate of drug-likeness (QED) is 0.619. The highest BCUT2D eigenvalue weighted by atomic mass is 32.2. The molecule has 0 aliphatic carbocycles. The first-order valence-corrected chi connectivity index (χ1v) is 6.37. The van der Waals surface area contributed by atoms with E-state index in [4.69, 9.17) is 5.73 Å².